The molecule has 6 nitrogen and oxygen atoms in total. The van der Waals surface area contributed by atoms with Crippen LogP contribution in [0.5, 0.6) is 0 Å². The van der Waals surface area contributed by atoms with E-state index in [-0.39, 0.29) is 19.3 Å². The quantitative estimate of drug-likeness (QED) is 0.638. The number of nitrogens with two attached hydrogens (primary N) is 1. The average Bonchev–Trinajstić information content (AvgIpc) is 2.95. The highest BCUT2D eigenvalue weighted by Gasteiger charge is 2.20. The Kier molecular flexibility index (Phi) is 6.15. The molecule has 2 rings (SSSR count). The highest BCUT2D eigenvalue weighted by Crippen LogP contribution is 2.19. The summed E-state index contributed by atoms with van der Waals surface area (Å²) in [6, 6.07) is 7.14. The van der Waals surface area contributed by atoms with Gasteiger partial charge in [0.15, 0.2) is 0 Å². The molecule has 0 radical (unpaired) electrons. The van der Waals surface area contributed by atoms with Crippen molar-refractivity contribution in [2.75, 3.05) is 13.2 Å². The molecule has 0 aliphatic carbocycles. The molecule has 126 valence electrons. The van der Waals surface area contributed by atoms with Gasteiger partial charge in [-0.25, -0.2) is 0 Å². The minimum Gasteiger partial charge on any atom is -0.459 e. The predicted molar refractivity (Wildman–Crippen MR) is 88.0 cm³/mol. The monoisotopic (exact) mass is 320 g/mol. The zero-order chi connectivity index (χ0) is 16.8. The maximum Gasteiger partial charge on any atom is 0.323 e. The number of hydrogen-bond donors (Lipinski definition) is 3. The fourth-order valence-electron chi connectivity index (χ4n) is 2.29. The van der Waals surface area contributed by atoms with Gasteiger partial charge in [0.05, 0.1) is 19.3 Å². The number of aromatic amines is 1. The number of H-pyrrole nitrogens is 1. The van der Waals surface area contributed by atoms with Crippen LogP contribution in [0.25, 0.3) is 10.9 Å². The Bertz CT molecular complexity index is 640. The SMILES string of the molecule is CC(CO)OCC(C)OC(=O)C(N)Cc1c[nH]c2ccccc12. The van der Waals surface area contributed by atoms with Crippen molar-refractivity contribution in [2.24, 2.45) is 5.73 Å². The molecule has 23 heavy (non-hydrogen) atoms. The highest BCUT2D eigenvalue weighted by molar-refractivity contribution is 5.84. The maximum absolute atomic E-state index is 12.1. The first kappa shape index (κ1) is 17.5. The van der Waals surface area contributed by atoms with Crippen LogP contribution in [0.15, 0.2) is 30.5 Å². The van der Waals surface area contributed by atoms with E-state index in [0.717, 1.165) is 16.5 Å². The molecule has 3 unspecified atom stereocenters. The first-order chi connectivity index (χ1) is 11.0. The Labute approximate surface area is 135 Å². The number of aliphatic hydroxyl groups is 1. The fraction of sp³-hybridized carbons (Fsp3) is 0.471. The van der Waals surface area contributed by atoms with Crippen LogP contribution in [0.4, 0.5) is 0 Å². The molecule has 1 aromatic heterocycles. The van der Waals surface area contributed by atoms with Crippen LogP contribution in [-0.2, 0) is 20.7 Å². The van der Waals surface area contributed by atoms with Crippen LogP contribution in [0.2, 0.25) is 0 Å². The van der Waals surface area contributed by atoms with Gasteiger partial charge in [-0.3, -0.25) is 4.79 Å². The smallest absolute Gasteiger partial charge is 0.323 e. The number of para-hydroxylation sites is 1. The molecule has 0 saturated carbocycles. The van der Waals surface area contributed by atoms with Gasteiger partial charge in [-0.1, -0.05) is 18.2 Å². The van der Waals surface area contributed by atoms with Crippen LogP contribution in [-0.4, -0.2) is 47.5 Å². The topological polar surface area (TPSA) is 97.6 Å². The van der Waals surface area contributed by atoms with Gasteiger partial charge in [-0.05, 0) is 25.5 Å². The van der Waals surface area contributed by atoms with E-state index in [9.17, 15) is 4.79 Å². The number of carbonyl (C=O) groups excluding carboxylic acids is 1. The number of esters is 1. The fourth-order valence-corrected chi connectivity index (χ4v) is 2.29. The first-order valence-corrected chi connectivity index (χ1v) is 7.74. The number of carbonyl (C=O) groups is 1. The number of aliphatic hydroxyl groups excluding tert-OH is 1. The van der Waals surface area contributed by atoms with Gasteiger partial charge >= 0.3 is 5.97 Å². The van der Waals surface area contributed by atoms with Gasteiger partial charge in [0.25, 0.3) is 0 Å². The number of rotatable bonds is 8. The molecule has 3 atom stereocenters. The van der Waals surface area contributed by atoms with Gasteiger partial charge in [-0.2, -0.15) is 0 Å². The van der Waals surface area contributed by atoms with Gasteiger partial charge in [0.2, 0.25) is 0 Å². The minimum atomic E-state index is -0.730. The van der Waals surface area contributed by atoms with E-state index >= 15 is 0 Å². The lowest BCUT2D eigenvalue weighted by Crippen LogP contribution is -2.37. The summed E-state index contributed by atoms with van der Waals surface area (Å²) in [4.78, 5) is 15.2. The van der Waals surface area contributed by atoms with Gasteiger partial charge in [-0.15, -0.1) is 0 Å². The Morgan fingerprint density at radius 3 is 2.78 bits per heavy atom. The number of benzene rings is 1. The van der Waals surface area contributed by atoms with Crippen molar-refractivity contribution in [1.29, 1.82) is 0 Å². The summed E-state index contributed by atoms with van der Waals surface area (Å²) in [5.41, 5.74) is 7.97. The van der Waals surface area contributed by atoms with Crippen molar-refractivity contribution in [3.63, 3.8) is 0 Å². The van der Waals surface area contributed by atoms with E-state index in [4.69, 9.17) is 20.3 Å². The number of aromatic nitrogens is 1. The minimum absolute atomic E-state index is 0.0687. The predicted octanol–water partition coefficient (Wildman–Crippen LogP) is 1.37. The van der Waals surface area contributed by atoms with Crippen LogP contribution in [0.1, 0.15) is 19.4 Å². The summed E-state index contributed by atoms with van der Waals surface area (Å²) in [5, 5.41) is 9.95. The van der Waals surface area contributed by atoms with Gasteiger partial charge in [0.1, 0.15) is 12.1 Å². The third-order valence-corrected chi connectivity index (χ3v) is 3.61. The Balaban J connectivity index is 1.87. The van der Waals surface area contributed by atoms with Crippen molar-refractivity contribution in [2.45, 2.75) is 38.5 Å². The molecule has 2 aromatic rings. The average molecular weight is 320 g/mol. The van der Waals surface area contributed by atoms with E-state index in [1.165, 1.54) is 0 Å². The summed E-state index contributed by atoms with van der Waals surface area (Å²) in [7, 11) is 0. The molecule has 1 aromatic carbocycles. The summed E-state index contributed by atoms with van der Waals surface area (Å²) in [5.74, 6) is -0.456. The van der Waals surface area contributed by atoms with E-state index in [1.807, 2.05) is 30.5 Å². The molecule has 1 heterocycles. The van der Waals surface area contributed by atoms with Gasteiger partial charge < -0.3 is 25.3 Å². The molecule has 0 spiro atoms. The molecule has 6 heteroatoms. The summed E-state index contributed by atoms with van der Waals surface area (Å²) in [6.45, 7) is 3.64. The number of hydrogen-bond acceptors (Lipinski definition) is 5. The Morgan fingerprint density at radius 1 is 1.30 bits per heavy atom. The normalized spacial score (nSPS) is 15.3. The highest BCUT2D eigenvalue weighted by atomic mass is 16.6. The first-order valence-electron chi connectivity index (χ1n) is 7.74. The zero-order valence-corrected chi connectivity index (χ0v) is 13.5. The molecular weight excluding hydrogens is 296 g/mol. The van der Waals surface area contributed by atoms with Crippen molar-refractivity contribution >= 4 is 16.9 Å². The lowest BCUT2D eigenvalue weighted by atomic mass is 10.1. The van der Waals surface area contributed by atoms with E-state index in [2.05, 4.69) is 4.98 Å². The zero-order valence-electron chi connectivity index (χ0n) is 13.5. The second-order valence-electron chi connectivity index (χ2n) is 5.74. The molecule has 0 bridgehead atoms. The molecule has 0 fully saturated rings. The van der Waals surface area contributed by atoms with E-state index < -0.39 is 18.1 Å². The number of fused-ring (bicyclic) bond motifs is 1. The molecule has 0 amide bonds. The Morgan fingerprint density at radius 2 is 2.04 bits per heavy atom. The van der Waals surface area contributed by atoms with E-state index in [0.29, 0.717) is 6.42 Å². The molecule has 0 aliphatic heterocycles. The van der Waals surface area contributed by atoms with Crippen molar-refractivity contribution in [1.82, 2.24) is 4.98 Å². The maximum atomic E-state index is 12.1. The van der Waals surface area contributed by atoms with Crippen LogP contribution in [0.3, 0.4) is 0 Å². The van der Waals surface area contributed by atoms with Crippen molar-refractivity contribution in [3.05, 3.63) is 36.0 Å². The van der Waals surface area contributed by atoms with Crippen LogP contribution >= 0.6 is 0 Å². The van der Waals surface area contributed by atoms with Crippen LogP contribution in [0, 0.1) is 0 Å². The second kappa shape index (κ2) is 8.10. The summed E-state index contributed by atoms with van der Waals surface area (Å²) < 4.78 is 10.6. The molecule has 4 N–H and O–H groups in total. The second-order valence-corrected chi connectivity index (χ2v) is 5.74. The number of nitrogens with one attached hydrogen (secondary N) is 1. The third kappa shape index (κ3) is 4.79. The summed E-state index contributed by atoms with van der Waals surface area (Å²) in [6.07, 6.45) is 1.58. The lowest BCUT2D eigenvalue weighted by Gasteiger charge is -2.18. The van der Waals surface area contributed by atoms with Crippen molar-refractivity contribution < 1.29 is 19.4 Å². The largest absolute Gasteiger partial charge is 0.459 e. The van der Waals surface area contributed by atoms with Crippen molar-refractivity contribution in [3.8, 4) is 0 Å². The van der Waals surface area contributed by atoms with Crippen LogP contribution < -0.4 is 5.73 Å². The number of ether oxygens (including phenoxy) is 2. The third-order valence-electron chi connectivity index (χ3n) is 3.61. The van der Waals surface area contributed by atoms with E-state index in [1.54, 1.807) is 13.8 Å². The Hall–Kier alpha value is -1.89. The molecule has 0 aliphatic rings. The molecule has 0 saturated heterocycles. The summed E-state index contributed by atoms with van der Waals surface area (Å²) >= 11 is 0. The standard InChI is InChI=1S/C17H24N2O4/c1-11(9-20)22-10-12(2)23-17(21)15(18)7-13-8-19-16-6-4-3-5-14(13)16/h3-6,8,11-12,15,19-20H,7,9-10,18H2,1-2H3. The molecular formula is C17H24N2O4. The van der Waals surface area contributed by atoms with Gasteiger partial charge in [0, 0.05) is 23.5 Å². The lowest BCUT2D eigenvalue weighted by molar-refractivity contribution is -0.153.